The minimum Gasteiger partial charge on any atom is -0.341 e. The van der Waals surface area contributed by atoms with Gasteiger partial charge in [0.2, 0.25) is 5.91 Å². The van der Waals surface area contributed by atoms with E-state index in [1.54, 1.807) is 17.3 Å². The quantitative estimate of drug-likeness (QED) is 0.911. The van der Waals surface area contributed by atoms with E-state index in [0.29, 0.717) is 18.4 Å². The van der Waals surface area contributed by atoms with Crippen LogP contribution in [0.5, 0.6) is 0 Å². The number of amides is 1. The number of hydrogen-bond acceptors (Lipinski definition) is 4. The highest BCUT2D eigenvalue weighted by Gasteiger charge is 2.22. The number of aromatic nitrogens is 2. The molecule has 0 spiro atoms. The van der Waals surface area contributed by atoms with Crippen molar-refractivity contribution in [2.24, 2.45) is 0 Å². The second-order valence-corrected chi connectivity index (χ2v) is 6.12. The number of nitrogens with zero attached hydrogens (tertiary/aromatic N) is 3. The molecule has 1 aliphatic rings. The summed E-state index contributed by atoms with van der Waals surface area (Å²) in [5.41, 5.74) is 1.63. The van der Waals surface area contributed by atoms with E-state index in [2.05, 4.69) is 10.3 Å². The van der Waals surface area contributed by atoms with Gasteiger partial charge in [-0.2, -0.15) is 0 Å². The molecule has 1 saturated heterocycles. The van der Waals surface area contributed by atoms with Crippen LogP contribution in [0.2, 0.25) is 0 Å². The van der Waals surface area contributed by atoms with Crippen LogP contribution in [0.15, 0.2) is 29.3 Å². The van der Waals surface area contributed by atoms with E-state index < -0.39 is 0 Å². The Kier molecular flexibility index (Phi) is 4.43. The molecule has 1 atom stereocenters. The molecule has 1 aromatic heterocycles. The molecular formula is C17H22N4O2. The monoisotopic (exact) mass is 314 g/mol. The maximum atomic E-state index is 12.5. The molecule has 1 aromatic carbocycles. The second-order valence-electron chi connectivity index (χ2n) is 6.12. The molecule has 6 heteroatoms. The Balaban J connectivity index is 1.73. The Labute approximate surface area is 135 Å². The molecule has 0 bridgehead atoms. The van der Waals surface area contributed by atoms with Crippen LogP contribution < -0.4 is 10.9 Å². The van der Waals surface area contributed by atoms with Crippen molar-refractivity contribution in [3.63, 3.8) is 0 Å². The van der Waals surface area contributed by atoms with Gasteiger partial charge in [0, 0.05) is 32.6 Å². The molecule has 1 N–H and O–H groups in total. The maximum absolute atomic E-state index is 12.5. The summed E-state index contributed by atoms with van der Waals surface area (Å²) in [5.74, 6) is 0.0648. The topological polar surface area (TPSA) is 67.2 Å². The van der Waals surface area contributed by atoms with Crippen LogP contribution in [0.4, 0.5) is 0 Å². The largest absolute Gasteiger partial charge is 0.341 e. The fourth-order valence-corrected chi connectivity index (χ4v) is 3.06. The van der Waals surface area contributed by atoms with Crippen molar-refractivity contribution in [3.8, 4) is 0 Å². The van der Waals surface area contributed by atoms with Gasteiger partial charge in [0.05, 0.1) is 17.2 Å². The third-order valence-electron chi connectivity index (χ3n) is 4.60. The third kappa shape index (κ3) is 3.12. The summed E-state index contributed by atoms with van der Waals surface area (Å²) >= 11 is 0. The minimum absolute atomic E-state index is 0.0648. The van der Waals surface area contributed by atoms with Crippen molar-refractivity contribution < 1.29 is 4.79 Å². The number of hydrogen-bond donors (Lipinski definition) is 1. The lowest BCUT2D eigenvalue weighted by Crippen LogP contribution is -2.39. The fraction of sp³-hybridized carbons (Fsp3) is 0.471. The summed E-state index contributed by atoms with van der Waals surface area (Å²) in [4.78, 5) is 31.0. The Bertz CT molecular complexity index is 778. The molecule has 0 saturated carbocycles. The normalized spacial score (nSPS) is 17.6. The molecule has 3 rings (SSSR count). The van der Waals surface area contributed by atoms with Crippen LogP contribution >= 0.6 is 0 Å². The summed E-state index contributed by atoms with van der Waals surface area (Å²) in [7, 11) is 1.84. The summed E-state index contributed by atoms with van der Waals surface area (Å²) < 4.78 is 1.53. The van der Waals surface area contributed by atoms with Gasteiger partial charge in [-0.1, -0.05) is 12.1 Å². The zero-order valence-corrected chi connectivity index (χ0v) is 13.6. The van der Waals surface area contributed by atoms with Crippen molar-refractivity contribution in [1.29, 1.82) is 0 Å². The van der Waals surface area contributed by atoms with Gasteiger partial charge in [-0.25, -0.2) is 4.98 Å². The first-order valence-corrected chi connectivity index (χ1v) is 7.99. The van der Waals surface area contributed by atoms with Crippen molar-refractivity contribution in [2.75, 3.05) is 20.1 Å². The molecule has 1 amide bonds. The van der Waals surface area contributed by atoms with Crippen LogP contribution in [-0.2, 0) is 11.3 Å². The lowest BCUT2D eigenvalue weighted by atomic mass is 10.1. The lowest BCUT2D eigenvalue weighted by Gasteiger charge is -2.23. The third-order valence-corrected chi connectivity index (χ3v) is 4.60. The van der Waals surface area contributed by atoms with Crippen LogP contribution in [0.25, 0.3) is 10.9 Å². The molecule has 122 valence electrons. The summed E-state index contributed by atoms with van der Waals surface area (Å²) in [6, 6.07) is 5.84. The molecule has 0 aliphatic carbocycles. The molecule has 2 heterocycles. The van der Waals surface area contributed by atoms with Crippen LogP contribution in [0, 0.1) is 6.92 Å². The van der Waals surface area contributed by atoms with Gasteiger partial charge in [-0.3, -0.25) is 14.2 Å². The first-order chi connectivity index (χ1) is 11.1. The van der Waals surface area contributed by atoms with Gasteiger partial charge in [-0.15, -0.1) is 0 Å². The highest BCUT2D eigenvalue weighted by molar-refractivity contribution is 5.80. The number of carbonyl (C=O) groups is 1. The summed E-state index contributed by atoms with van der Waals surface area (Å²) in [6.45, 7) is 4.10. The first-order valence-electron chi connectivity index (χ1n) is 7.99. The lowest BCUT2D eigenvalue weighted by molar-refractivity contribution is -0.131. The Hall–Kier alpha value is -2.21. The summed E-state index contributed by atoms with van der Waals surface area (Å²) in [6.07, 6.45) is 2.84. The molecule has 1 unspecified atom stereocenters. The van der Waals surface area contributed by atoms with E-state index in [4.69, 9.17) is 0 Å². The van der Waals surface area contributed by atoms with Gasteiger partial charge < -0.3 is 10.2 Å². The highest BCUT2D eigenvalue weighted by atomic mass is 16.2. The first kappa shape index (κ1) is 15.7. The number of likely N-dealkylation sites (N-methyl/N-ethyl adjacent to an activating group) is 1. The zero-order valence-electron chi connectivity index (χ0n) is 13.6. The Morgan fingerprint density at radius 1 is 1.48 bits per heavy atom. The number of aryl methyl sites for hydroxylation is 2. The predicted octanol–water partition coefficient (Wildman–Crippen LogP) is 0.915. The van der Waals surface area contributed by atoms with E-state index in [9.17, 15) is 9.59 Å². The Morgan fingerprint density at radius 3 is 3.04 bits per heavy atom. The molecule has 1 aliphatic heterocycles. The standard InChI is InChI=1S/C17H22N4O2/c1-12-4-3-5-14-16(12)19-11-21(17(14)23)9-7-15(22)20(2)13-6-8-18-10-13/h3-5,11,13,18H,6-10H2,1-2H3. The van der Waals surface area contributed by atoms with E-state index in [1.807, 2.05) is 26.1 Å². The second kappa shape index (κ2) is 6.50. The van der Waals surface area contributed by atoms with E-state index in [1.165, 1.54) is 4.57 Å². The molecule has 23 heavy (non-hydrogen) atoms. The molecule has 2 aromatic rings. The van der Waals surface area contributed by atoms with Gasteiger partial charge in [0.25, 0.3) is 5.56 Å². The van der Waals surface area contributed by atoms with Crippen molar-refractivity contribution in [3.05, 3.63) is 40.4 Å². The number of fused-ring (bicyclic) bond motifs is 1. The fourth-order valence-electron chi connectivity index (χ4n) is 3.06. The van der Waals surface area contributed by atoms with E-state index in [-0.39, 0.29) is 17.5 Å². The average Bonchev–Trinajstić information content (AvgIpc) is 3.08. The van der Waals surface area contributed by atoms with E-state index >= 15 is 0 Å². The van der Waals surface area contributed by atoms with Gasteiger partial charge in [0.1, 0.15) is 0 Å². The number of benzene rings is 1. The van der Waals surface area contributed by atoms with Crippen LogP contribution in [0.3, 0.4) is 0 Å². The van der Waals surface area contributed by atoms with Crippen molar-refractivity contribution in [2.45, 2.75) is 32.4 Å². The van der Waals surface area contributed by atoms with Gasteiger partial charge in [0.15, 0.2) is 0 Å². The molecule has 6 nitrogen and oxygen atoms in total. The number of para-hydroxylation sites is 1. The predicted molar refractivity (Wildman–Crippen MR) is 89.4 cm³/mol. The zero-order chi connectivity index (χ0) is 16.4. The van der Waals surface area contributed by atoms with Crippen LogP contribution in [0.1, 0.15) is 18.4 Å². The number of nitrogens with one attached hydrogen (secondary N) is 1. The van der Waals surface area contributed by atoms with Gasteiger partial charge in [-0.05, 0) is 31.5 Å². The smallest absolute Gasteiger partial charge is 0.261 e. The highest BCUT2D eigenvalue weighted by Crippen LogP contribution is 2.12. The Morgan fingerprint density at radius 2 is 2.30 bits per heavy atom. The van der Waals surface area contributed by atoms with E-state index in [0.717, 1.165) is 30.6 Å². The molecular weight excluding hydrogens is 292 g/mol. The molecule has 0 radical (unpaired) electrons. The van der Waals surface area contributed by atoms with Crippen molar-refractivity contribution in [1.82, 2.24) is 19.8 Å². The van der Waals surface area contributed by atoms with Gasteiger partial charge >= 0.3 is 0 Å². The van der Waals surface area contributed by atoms with Crippen molar-refractivity contribution >= 4 is 16.8 Å². The maximum Gasteiger partial charge on any atom is 0.261 e. The number of carbonyl (C=O) groups excluding carboxylic acids is 1. The SMILES string of the molecule is Cc1cccc2c(=O)n(CCC(=O)N(C)C3CCNC3)cnc12. The van der Waals surface area contributed by atoms with Crippen LogP contribution in [-0.4, -0.2) is 46.5 Å². The average molecular weight is 314 g/mol. The molecule has 1 fully saturated rings. The number of rotatable bonds is 4. The minimum atomic E-state index is -0.0864. The summed E-state index contributed by atoms with van der Waals surface area (Å²) in [5, 5.41) is 3.86.